The summed E-state index contributed by atoms with van der Waals surface area (Å²) in [5.74, 6) is 1.89. The van der Waals surface area contributed by atoms with Gasteiger partial charge in [0.25, 0.3) is 0 Å². The number of rotatable bonds is 2. The minimum Gasteiger partial charge on any atom is -0.309 e. The van der Waals surface area contributed by atoms with Crippen LogP contribution in [0.5, 0.6) is 0 Å². The summed E-state index contributed by atoms with van der Waals surface area (Å²) in [5, 5.41) is 6.29. The molecule has 1 amide bonds. The molecule has 2 heterocycles. The van der Waals surface area contributed by atoms with Gasteiger partial charge < -0.3 is 10.6 Å². The predicted molar refractivity (Wildman–Crippen MR) is 77.9 cm³/mol. The van der Waals surface area contributed by atoms with Crippen LogP contribution in [0.25, 0.3) is 0 Å². The fourth-order valence-corrected chi connectivity index (χ4v) is 3.51. The van der Waals surface area contributed by atoms with Gasteiger partial charge in [-0.05, 0) is 66.2 Å². The lowest BCUT2D eigenvalue weighted by atomic mass is 9.94. The number of aromatic nitrogens is 1. The van der Waals surface area contributed by atoms with Gasteiger partial charge in [-0.25, -0.2) is 4.98 Å². The molecule has 1 aromatic rings. The lowest BCUT2D eigenvalue weighted by molar-refractivity contribution is -0.118. The molecule has 2 N–H and O–H groups in total. The number of fused-ring (bicyclic) bond motifs is 1. The standard InChI is InChI=1S/C14H18BrN3O/c1-8-11(15)5-6-12(17-8)18-14(19)13-10-4-2-3-9(10)7-16-13/h5-6,9-10,13,16H,2-4,7H2,1H3,(H,17,18,19). The van der Waals surface area contributed by atoms with Gasteiger partial charge in [0.15, 0.2) is 0 Å². The number of aryl methyl sites for hydroxylation is 1. The van der Waals surface area contributed by atoms with Crippen molar-refractivity contribution in [2.75, 3.05) is 11.9 Å². The van der Waals surface area contributed by atoms with Gasteiger partial charge in [-0.2, -0.15) is 0 Å². The van der Waals surface area contributed by atoms with Crippen LogP contribution in [0.1, 0.15) is 25.0 Å². The summed E-state index contributed by atoms with van der Waals surface area (Å²) in [6, 6.07) is 3.70. The monoisotopic (exact) mass is 323 g/mol. The van der Waals surface area contributed by atoms with Crippen molar-refractivity contribution in [2.45, 2.75) is 32.2 Å². The molecule has 3 unspecified atom stereocenters. The Morgan fingerprint density at radius 1 is 1.47 bits per heavy atom. The highest BCUT2D eigenvalue weighted by molar-refractivity contribution is 9.10. The zero-order valence-corrected chi connectivity index (χ0v) is 12.5. The third-order valence-corrected chi connectivity index (χ3v) is 5.14. The molecular formula is C14H18BrN3O. The zero-order valence-electron chi connectivity index (χ0n) is 10.9. The van der Waals surface area contributed by atoms with E-state index in [0.717, 1.165) is 16.7 Å². The van der Waals surface area contributed by atoms with E-state index in [4.69, 9.17) is 0 Å². The van der Waals surface area contributed by atoms with Gasteiger partial charge in [-0.3, -0.25) is 4.79 Å². The highest BCUT2D eigenvalue weighted by atomic mass is 79.9. The van der Waals surface area contributed by atoms with Crippen LogP contribution < -0.4 is 10.6 Å². The number of hydrogen-bond acceptors (Lipinski definition) is 3. The number of carbonyl (C=O) groups is 1. The fourth-order valence-electron chi connectivity index (χ4n) is 3.29. The number of hydrogen-bond donors (Lipinski definition) is 2. The molecule has 1 saturated carbocycles. The molecule has 3 rings (SSSR count). The van der Waals surface area contributed by atoms with Crippen molar-refractivity contribution in [1.82, 2.24) is 10.3 Å². The van der Waals surface area contributed by atoms with E-state index in [1.807, 2.05) is 19.1 Å². The van der Waals surface area contributed by atoms with Crippen LogP contribution in [0, 0.1) is 18.8 Å². The molecule has 1 aromatic heterocycles. The van der Waals surface area contributed by atoms with Crippen LogP contribution in [-0.4, -0.2) is 23.5 Å². The molecule has 1 aliphatic carbocycles. The van der Waals surface area contributed by atoms with Gasteiger partial charge in [0, 0.05) is 4.47 Å². The van der Waals surface area contributed by atoms with E-state index in [9.17, 15) is 4.79 Å². The summed E-state index contributed by atoms with van der Waals surface area (Å²) >= 11 is 3.41. The SMILES string of the molecule is Cc1nc(NC(=O)C2NCC3CCCC32)ccc1Br. The van der Waals surface area contributed by atoms with Gasteiger partial charge in [0.05, 0.1) is 11.7 Å². The van der Waals surface area contributed by atoms with Crippen molar-refractivity contribution < 1.29 is 4.79 Å². The maximum absolute atomic E-state index is 12.3. The molecule has 0 radical (unpaired) electrons. The number of carbonyl (C=O) groups excluding carboxylic acids is 1. The Labute approximate surface area is 121 Å². The van der Waals surface area contributed by atoms with Gasteiger partial charge in [0.1, 0.15) is 5.82 Å². The summed E-state index contributed by atoms with van der Waals surface area (Å²) in [5.41, 5.74) is 0.885. The number of nitrogens with one attached hydrogen (secondary N) is 2. The van der Waals surface area contributed by atoms with Crippen molar-refractivity contribution in [2.24, 2.45) is 11.8 Å². The fraction of sp³-hybridized carbons (Fsp3) is 0.571. The summed E-state index contributed by atoms with van der Waals surface area (Å²) in [7, 11) is 0. The number of anilines is 1. The molecule has 19 heavy (non-hydrogen) atoms. The Bertz CT molecular complexity index is 505. The van der Waals surface area contributed by atoms with Crippen LogP contribution >= 0.6 is 15.9 Å². The summed E-state index contributed by atoms with van der Waals surface area (Å²) in [6.07, 6.45) is 3.69. The molecule has 4 nitrogen and oxygen atoms in total. The molecular weight excluding hydrogens is 306 g/mol. The summed E-state index contributed by atoms with van der Waals surface area (Å²) in [4.78, 5) is 16.7. The molecule has 5 heteroatoms. The smallest absolute Gasteiger partial charge is 0.242 e. The Morgan fingerprint density at radius 3 is 3.11 bits per heavy atom. The maximum atomic E-state index is 12.3. The second-order valence-corrected chi connectivity index (χ2v) is 6.35. The largest absolute Gasteiger partial charge is 0.309 e. The molecule has 3 atom stereocenters. The minimum atomic E-state index is -0.0433. The molecule has 1 aliphatic heterocycles. The van der Waals surface area contributed by atoms with Gasteiger partial charge in [-0.15, -0.1) is 0 Å². The van der Waals surface area contributed by atoms with Crippen LogP contribution in [0.2, 0.25) is 0 Å². The number of pyridine rings is 1. The van der Waals surface area contributed by atoms with Crippen molar-refractivity contribution in [3.05, 3.63) is 22.3 Å². The average molecular weight is 324 g/mol. The second-order valence-electron chi connectivity index (χ2n) is 5.49. The van der Waals surface area contributed by atoms with E-state index in [-0.39, 0.29) is 11.9 Å². The van der Waals surface area contributed by atoms with E-state index in [2.05, 4.69) is 31.5 Å². The third kappa shape index (κ3) is 2.54. The van der Waals surface area contributed by atoms with E-state index >= 15 is 0 Å². The second kappa shape index (κ2) is 5.21. The number of amides is 1. The predicted octanol–water partition coefficient (Wildman–Crippen LogP) is 2.48. The first kappa shape index (κ1) is 13.1. The highest BCUT2D eigenvalue weighted by Crippen LogP contribution is 2.37. The first-order chi connectivity index (χ1) is 9.15. The molecule has 1 saturated heterocycles. The Hall–Kier alpha value is -0.940. The zero-order chi connectivity index (χ0) is 13.4. The molecule has 2 aliphatic rings. The maximum Gasteiger partial charge on any atom is 0.242 e. The van der Waals surface area contributed by atoms with Crippen LogP contribution in [-0.2, 0) is 4.79 Å². The van der Waals surface area contributed by atoms with Gasteiger partial charge in [-0.1, -0.05) is 6.42 Å². The van der Waals surface area contributed by atoms with Gasteiger partial charge in [0.2, 0.25) is 5.91 Å². The van der Waals surface area contributed by atoms with Crippen LogP contribution in [0.4, 0.5) is 5.82 Å². The Morgan fingerprint density at radius 2 is 2.32 bits per heavy atom. The van der Waals surface area contributed by atoms with E-state index < -0.39 is 0 Å². The third-order valence-electron chi connectivity index (χ3n) is 4.30. The lowest BCUT2D eigenvalue weighted by Gasteiger charge is -2.17. The van der Waals surface area contributed by atoms with Crippen molar-refractivity contribution in [3.8, 4) is 0 Å². The highest BCUT2D eigenvalue weighted by Gasteiger charge is 2.42. The van der Waals surface area contributed by atoms with E-state index in [0.29, 0.717) is 17.7 Å². The van der Waals surface area contributed by atoms with Crippen molar-refractivity contribution in [1.29, 1.82) is 0 Å². The van der Waals surface area contributed by atoms with E-state index in [1.165, 1.54) is 19.3 Å². The first-order valence-corrected chi connectivity index (χ1v) is 7.62. The van der Waals surface area contributed by atoms with Crippen LogP contribution in [0.3, 0.4) is 0 Å². The van der Waals surface area contributed by atoms with Gasteiger partial charge >= 0.3 is 0 Å². The lowest BCUT2D eigenvalue weighted by Crippen LogP contribution is -2.39. The number of nitrogens with zero attached hydrogens (tertiary/aromatic N) is 1. The molecule has 102 valence electrons. The summed E-state index contributed by atoms with van der Waals surface area (Å²) in [6.45, 7) is 2.90. The molecule has 0 bridgehead atoms. The Kier molecular flexibility index (Phi) is 3.58. The van der Waals surface area contributed by atoms with Crippen molar-refractivity contribution >= 4 is 27.7 Å². The van der Waals surface area contributed by atoms with Crippen molar-refractivity contribution in [3.63, 3.8) is 0 Å². The molecule has 2 fully saturated rings. The Balaban J connectivity index is 1.69. The normalized spacial score (nSPS) is 29.3. The average Bonchev–Trinajstić information content (AvgIpc) is 2.95. The molecule has 0 spiro atoms. The topological polar surface area (TPSA) is 54.0 Å². The minimum absolute atomic E-state index is 0.0433. The molecule has 0 aromatic carbocycles. The summed E-state index contributed by atoms with van der Waals surface area (Å²) < 4.78 is 0.959. The quantitative estimate of drug-likeness (QED) is 0.879. The van der Waals surface area contributed by atoms with E-state index in [1.54, 1.807) is 0 Å². The first-order valence-electron chi connectivity index (χ1n) is 6.82. The number of halogens is 1. The van der Waals surface area contributed by atoms with Crippen LogP contribution in [0.15, 0.2) is 16.6 Å².